The molecule has 0 atom stereocenters. The molecule has 0 fully saturated rings. The van der Waals surface area contributed by atoms with Gasteiger partial charge < -0.3 is 25.0 Å². The Morgan fingerprint density at radius 1 is 1.03 bits per heavy atom. The highest BCUT2D eigenvalue weighted by Gasteiger charge is 2.22. The number of carboxylic acid groups (broad SMARTS) is 1. The van der Waals surface area contributed by atoms with Gasteiger partial charge in [-0.15, -0.1) is 0 Å². The smallest absolute Gasteiger partial charge is 0.413 e. The number of methoxy groups -OCH3 is 2. The average molecular weight is 502 g/mol. The first-order valence-corrected chi connectivity index (χ1v) is 10.6. The van der Waals surface area contributed by atoms with E-state index in [0.717, 1.165) is 6.07 Å². The van der Waals surface area contributed by atoms with E-state index in [0.29, 0.717) is 16.8 Å². The minimum absolute atomic E-state index is 0.0896. The number of ether oxygens (including phenoxy) is 2. The van der Waals surface area contributed by atoms with Gasteiger partial charge in [-0.3, -0.25) is 15.1 Å². The first-order valence-electron chi connectivity index (χ1n) is 10.6. The molecule has 0 aliphatic carbocycles. The monoisotopic (exact) mass is 502 g/mol. The number of carbonyl (C=O) groups excluding carboxylic acids is 2. The molecule has 37 heavy (non-hydrogen) atoms. The van der Waals surface area contributed by atoms with Gasteiger partial charge in [0.15, 0.2) is 0 Å². The molecule has 188 valence electrons. The summed E-state index contributed by atoms with van der Waals surface area (Å²) in [4.78, 5) is 37.4. The summed E-state index contributed by atoms with van der Waals surface area (Å²) in [6.45, 7) is 0. The largest absolute Gasteiger partial charge is 0.507 e. The van der Waals surface area contributed by atoms with Crippen molar-refractivity contribution in [3.05, 3.63) is 71.3 Å². The summed E-state index contributed by atoms with van der Waals surface area (Å²) >= 11 is 0. The van der Waals surface area contributed by atoms with Crippen molar-refractivity contribution in [2.24, 2.45) is 0 Å². The van der Waals surface area contributed by atoms with Crippen molar-refractivity contribution in [2.75, 3.05) is 31.5 Å². The van der Waals surface area contributed by atoms with Crippen molar-refractivity contribution in [1.29, 1.82) is 10.7 Å². The highest BCUT2D eigenvalue weighted by molar-refractivity contribution is 6.48. The second-order valence-corrected chi connectivity index (χ2v) is 7.65. The predicted molar refractivity (Wildman–Crippen MR) is 134 cm³/mol. The standard InChI is InChI=1S/C26H22N4O7/c1-30(26(35)37-3)16-7-5-15(6-8-16)17-11-19(21(31)12-22(17)36-2)23(28)24(32)29-20-9-4-14(13-27)10-18(20)25(33)34/h4-12,28,31H,1-3H3,(H,29,32)(H,33,34). The molecule has 0 aliphatic heterocycles. The van der Waals surface area contributed by atoms with Gasteiger partial charge in [0.05, 0.1) is 37.1 Å². The fourth-order valence-electron chi connectivity index (χ4n) is 3.48. The van der Waals surface area contributed by atoms with Crippen molar-refractivity contribution in [1.82, 2.24) is 0 Å². The number of amides is 2. The molecule has 0 aromatic heterocycles. The van der Waals surface area contributed by atoms with Crippen molar-refractivity contribution in [3.63, 3.8) is 0 Å². The van der Waals surface area contributed by atoms with Crippen LogP contribution in [0, 0.1) is 16.7 Å². The predicted octanol–water partition coefficient (Wildman–Crippen LogP) is 3.85. The number of benzene rings is 3. The summed E-state index contributed by atoms with van der Waals surface area (Å²) < 4.78 is 10.1. The first-order chi connectivity index (χ1) is 17.6. The molecule has 0 bridgehead atoms. The van der Waals surface area contributed by atoms with Crippen LogP contribution in [-0.4, -0.2) is 55.2 Å². The number of nitrogens with one attached hydrogen (secondary N) is 2. The number of anilines is 2. The minimum Gasteiger partial charge on any atom is -0.507 e. The average Bonchev–Trinajstić information content (AvgIpc) is 2.91. The van der Waals surface area contributed by atoms with Gasteiger partial charge in [-0.2, -0.15) is 5.26 Å². The maximum absolute atomic E-state index is 12.8. The second kappa shape index (κ2) is 10.9. The van der Waals surface area contributed by atoms with Crippen molar-refractivity contribution < 1.29 is 34.1 Å². The number of phenols is 1. The van der Waals surface area contributed by atoms with Gasteiger partial charge in [0.1, 0.15) is 17.2 Å². The molecule has 4 N–H and O–H groups in total. The van der Waals surface area contributed by atoms with Crippen LogP contribution in [0.1, 0.15) is 21.5 Å². The number of carbonyl (C=O) groups is 3. The Morgan fingerprint density at radius 2 is 1.70 bits per heavy atom. The normalized spacial score (nSPS) is 10.1. The molecule has 0 spiro atoms. The molecule has 11 heteroatoms. The second-order valence-electron chi connectivity index (χ2n) is 7.65. The van der Waals surface area contributed by atoms with Crippen LogP contribution in [0.2, 0.25) is 0 Å². The van der Waals surface area contributed by atoms with E-state index in [-0.39, 0.29) is 28.1 Å². The number of phenolic OH excluding ortho intramolecular Hbond substituents is 1. The third-order valence-electron chi connectivity index (χ3n) is 5.46. The lowest BCUT2D eigenvalue weighted by molar-refractivity contribution is -0.110. The zero-order chi connectivity index (χ0) is 27.3. The maximum atomic E-state index is 12.8. The number of nitrogens with zero attached hydrogens (tertiary/aromatic N) is 2. The summed E-state index contributed by atoms with van der Waals surface area (Å²) in [6.07, 6.45) is -0.551. The molecule has 0 heterocycles. The number of aromatic carboxylic acids is 1. The van der Waals surface area contributed by atoms with E-state index in [1.807, 2.05) is 6.07 Å². The Labute approximate surface area is 211 Å². The topological polar surface area (TPSA) is 173 Å². The lowest BCUT2D eigenvalue weighted by Crippen LogP contribution is -2.25. The van der Waals surface area contributed by atoms with Gasteiger partial charge in [-0.1, -0.05) is 12.1 Å². The Balaban J connectivity index is 1.96. The number of aromatic hydroxyl groups is 1. The Bertz CT molecular complexity index is 1440. The zero-order valence-electron chi connectivity index (χ0n) is 20.0. The van der Waals surface area contributed by atoms with Gasteiger partial charge in [-0.05, 0) is 42.0 Å². The van der Waals surface area contributed by atoms with Gasteiger partial charge in [0.25, 0.3) is 5.91 Å². The van der Waals surface area contributed by atoms with Gasteiger partial charge in [0.2, 0.25) is 0 Å². The Morgan fingerprint density at radius 3 is 2.27 bits per heavy atom. The quantitative estimate of drug-likeness (QED) is 0.353. The fourth-order valence-corrected chi connectivity index (χ4v) is 3.48. The van der Waals surface area contributed by atoms with Gasteiger partial charge in [0, 0.05) is 29.9 Å². The molecule has 0 aliphatic rings. The molecule has 3 aromatic rings. The third-order valence-corrected chi connectivity index (χ3v) is 5.46. The van der Waals surface area contributed by atoms with Crippen molar-refractivity contribution in [3.8, 4) is 28.7 Å². The van der Waals surface area contributed by atoms with Crippen LogP contribution in [0.15, 0.2) is 54.6 Å². The van der Waals surface area contributed by atoms with E-state index in [4.69, 9.17) is 20.1 Å². The number of carboxylic acids is 1. The summed E-state index contributed by atoms with van der Waals surface area (Å²) in [6, 6.07) is 14.9. The summed E-state index contributed by atoms with van der Waals surface area (Å²) in [5, 5.41) is 39.6. The lowest BCUT2D eigenvalue weighted by atomic mass is 9.98. The van der Waals surface area contributed by atoms with Crippen LogP contribution in [0.3, 0.4) is 0 Å². The molecular formula is C26H22N4O7. The van der Waals surface area contributed by atoms with E-state index in [1.54, 1.807) is 31.3 Å². The van der Waals surface area contributed by atoms with Crippen LogP contribution in [0.25, 0.3) is 11.1 Å². The zero-order valence-corrected chi connectivity index (χ0v) is 20.0. The summed E-state index contributed by atoms with van der Waals surface area (Å²) in [7, 11) is 4.21. The molecule has 0 saturated carbocycles. The highest BCUT2D eigenvalue weighted by Crippen LogP contribution is 2.36. The lowest BCUT2D eigenvalue weighted by Gasteiger charge is -2.17. The van der Waals surface area contributed by atoms with E-state index in [1.165, 1.54) is 43.4 Å². The van der Waals surface area contributed by atoms with Crippen LogP contribution in [0.5, 0.6) is 11.5 Å². The summed E-state index contributed by atoms with van der Waals surface area (Å²) in [5.41, 5.74) is 0.498. The Kier molecular flexibility index (Phi) is 7.74. The number of rotatable bonds is 7. The van der Waals surface area contributed by atoms with E-state index < -0.39 is 29.4 Å². The highest BCUT2D eigenvalue weighted by atomic mass is 16.5. The van der Waals surface area contributed by atoms with E-state index >= 15 is 0 Å². The molecular weight excluding hydrogens is 480 g/mol. The van der Waals surface area contributed by atoms with Crippen LogP contribution >= 0.6 is 0 Å². The third kappa shape index (κ3) is 5.49. The number of hydrogen-bond donors (Lipinski definition) is 4. The Hall–Kier alpha value is -5.37. The molecule has 0 radical (unpaired) electrons. The van der Waals surface area contributed by atoms with Gasteiger partial charge in [-0.25, -0.2) is 9.59 Å². The SMILES string of the molecule is COC(=O)N(C)c1ccc(-c2cc(C(=N)C(=O)Nc3ccc(C#N)cc3C(=O)O)c(O)cc2OC)cc1. The fraction of sp³-hybridized carbons (Fsp3) is 0.115. The minimum atomic E-state index is -1.37. The molecule has 0 unspecified atom stereocenters. The van der Waals surface area contributed by atoms with Crippen LogP contribution in [-0.2, 0) is 9.53 Å². The first kappa shape index (κ1) is 26.2. The molecule has 3 aromatic carbocycles. The van der Waals surface area contributed by atoms with E-state index in [2.05, 4.69) is 5.32 Å². The van der Waals surface area contributed by atoms with Crippen LogP contribution < -0.4 is 15.0 Å². The molecule has 3 rings (SSSR count). The molecule has 11 nitrogen and oxygen atoms in total. The molecule has 0 saturated heterocycles. The maximum Gasteiger partial charge on any atom is 0.413 e. The summed E-state index contributed by atoms with van der Waals surface area (Å²) in [5.74, 6) is -2.48. The van der Waals surface area contributed by atoms with Crippen molar-refractivity contribution >= 4 is 35.1 Å². The number of hydrogen-bond acceptors (Lipinski definition) is 8. The van der Waals surface area contributed by atoms with E-state index in [9.17, 15) is 24.6 Å². The van der Waals surface area contributed by atoms with Crippen LogP contribution in [0.4, 0.5) is 16.2 Å². The number of nitriles is 1. The van der Waals surface area contributed by atoms with Crippen molar-refractivity contribution in [2.45, 2.75) is 0 Å². The molecule has 2 amide bonds. The van der Waals surface area contributed by atoms with Gasteiger partial charge >= 0.3 is 12.1 Å².